The van der Waals surface area contributed by atoms with Crippen LogP contribution >= 0.6 is 22.9 Å². The lowest BCUT2D eigenvalue weighted by atomic mass is 10.2. The minimum absolute atomic E-state index is 0.224. The summed E-state index contributed by atoms with van der Waals surface area (Å²) in [6.45, 7) is 1.88. The zero-order chi connectivity index (χ0) is 12.4. The van der Waals surface area contributed by atoms with Crippen molar-refractivity contribution in [1.82, 2.24) is 10.2 Å². The Bertz CT molecular complexity index is 569. The average Bonchev–Trinajstić information content (AvgIpc) is 2.70. The summed E-state index contributed by atoms with van der Waals surface area (Å²) in [6.07, 6.45) is 0. The van der Waals surface area contributed by atoms with Gasteiger partial charge in [0.25, 0.3) is 5.91 Å². The van der Waals surface area contributed by atoms with Gasteiger partial charge in [-0.3, -0.25) is 4.79 Å². The SMILES string of the molecule is Cc1ccc(Cl)cc1NC(=O)c1nnc(N)s1. The third kappa shape index (κ3) is 2.72. The Balaban J connectivity index is 2.21. The molecule has 0 saturated carbocycles. The summed E-state index contributed by atoms with van der Waals surface area (Å²) in [5, 5.41) is 11.0. The summed E-state index contributed by atoms with van der Waals surface area (Å²) in [7, 11) is 0. The zero-order valence-corrected chi connectivity index (χ0v) is 10.5. The number of anilines is 2. The van der Waals surface area contributed by atoms with E-state index < -0.39 is 0 Å². The number of rotatable bonds is 2. The first-order chi connectivity index (χ1) is 8.06. The Hall–Kier alpha value is -1.66. The molecule has 0 spiro atoms. The van der Waals surface area contributed by atoms with Gasteiger partial charge in [0.15, 0.2) is 0 Å². The van der Waals surface area contributed by atoms with Crippen LogP contribution in [0.3, 0.4) is 0 Å². The van der Waals surface area contributed by atoms with Crippen LogP contribution in [0.4, 0.5) is 10.8 Å². The predicted octanol–water partition coefficient (Wildman–Crippen LogP) is 2.33. The van der Waals surface area contributed by atoms with Crippen LogP contribution < -0.4 is 11.1 Å². The van der Waals surface area contributed by atoms with Gasteiger partial charge in [-0.05, 0) is 24.6 Å². The standard InChI is InChI=1S/C10H9ClN4OS/c1-5-2-3-6(11)4-7(5)13-8(16)9-14-15-10(12)17-9/h2-4H,1H3,(H2,12,15)(H,13,16). The fourth-order valence-corrected chi connectivity index (χ4v) is 1.91. The average molecular weight is 269 g/mol. The Labute approximate surface area is 107 Å². The Morgan fingerprint density at radius 1 is 1.47 bits per heavy atom. The van der Waals surface area contributed by atoms with Gasteiger partial charge in [0.2, 0.25) is 10.1 Å². The summed E-state index contributed by atoms with van der Waals surface area (Å²) >= 11 is 6.89. The molecular weight excluding hydrogens is 260 g/mol. The fraction of sp³-hybridized carbons (Fsp3) is 0.100. The van der Waals surface area contributed by atoms with Crippen LogP contribution in [0.25, 0.3) is 0 Å². The first-order valence-corrected chi connectivity index (χ1v) is 5.92. The van der Waals surface area contributed by atoms with Gasteiger partial charge in [-0.25, -0.2) is 0 Å². The second kappa shape index (κ2) is 4.68. The summed E-state index contributed by atoms with van der Waals surface area (Å²) in [5.74, 6) is -0.343. The number of nitrogens with zero attached hydrogens (tertiary/aromatic N) is 2. The molecule has 0 radical (unpaired) electrons. The number of nitrogen functional groups attached to an aromatic ring is 1. The monoisotopic (exact) mass is 268 g/mol. The van der Waals surface area contributed by atoms with Crippen molar-refractivity contribution in [2.75, 3.05) is 11.1 Å². The molecular formula is C10H9ClN4OS. The maximum Gasteiger partial charge on any atom is 0.286 e. The molecule has 0 bridgehead atoms. The van der Waals surface area contributed by atoms with Gasteiger partial charge in [-0.2, -0.15) is 0 Å². The molecule has 17 heavy (non-hydrogen) atoms. The molecule has 1 aromatic heterocycles. The van der Waals surface area contributed by atoms with Crippen molar-refractivity contribution >= 4 is 39.7 Å². The number of aromatic nitrogens is 2. The van der Waals surface area contributed by atoms with Crippen molar-refractivity contribution in [3.05, 3.63) is 33.8 Å². The number of nitrogens with two attached hydrogens (primary N) is 1. The molecule has 0 fully saturated rings. The molecule has 0 aliphatic rings. The van der Waals surface area contributed by atoms with Crippen LogP contribution in [0.15, 0.2) is 18.2 Å². The van der Waals surface area contributed by atoms with E-state index in [0.717, 1.165) is 16.9 Å². The van der Waals surface area contributed by atoms with Crippen molar-refractivity contribution in [3.63, 3.8) is 0 Å². The molecule has 2 aromatic rings. The molecule has 3 N–H and O–H groups in total. The first-order valence-electron chi connectivity index (χ1n) is 4.73. The molecule has 1 aromatic carbocycles. The maximum atomic E-state index is 11.8. The lowest BCUT2D eigenvalue weighted by molar-refractivity contribution is 0.102. The molecule has 0 unspecified atom stereocenters. The Morgan fingerprint density at radius 3 is 2.88 bits per heavy atom. The minimum Gasteiger partial charge on any atom is -0.374 e. The molecule has 0 saturated heterocycles. The highest BCUT2D eigenvalue weighted by atomic mass is 35.5. The van der Waals surface area contributed by atoms with E-state index in [0.29, 0.717) is 10.7 Å². The van der Waals surface area contributed by atoms with E-state index in [4.69, 9.17) is 17.3 Å². The molecule has 0 aliphatic carbocycles. The fourth-order valence-electron chi connectivity index (χ4n) is 1.23. The van der Waals surface area contributed by atoms with Crippen molar-refractivity contribution < 1.29 is 4.79 Å². The molecule has 0 aliphatic heterocycles. The summed E-state index contributed by atoms with van der Waals surface area (Å²) in [4.78, 5) is 11.8. The Morgan fingerprint density at radius 2 is 2.24 bits per heavy atom. The highest BCUT2D eigenvalue weighted by Crippen LogP contribution is 2.21. The predicted molar refractivity (Wildman–Crippen MR) is 68.5 cm³/mol. The quantitative estimate of drug-likeness (QED) is 0.876. The van der Waals surface area contributed by atoms with E-state index in [1.165, 1.54) is 0 Å². The molecule has 5 nitrogen and oxygen atoms in total. The third-order valence-electron chi connectivity index (χ3n) is 2.08. The van der Waals surface area contributed by atoms with E-state index in [1.54, 1.807) is 12.1 Å². The van der Waals surface area contributed by atoms with Crippen LogP contribution in [0.2, 0.25) is 5.02 Å². The second-order valence-corrected chi connectivity index (χ2v) is 4.80. The lowest BCUT2D eigenvalue weighted by Crippen LogP contribution is -2.12. The summed E-state index contributed by atoms with van der Waals surface area (Å²) < 4.78 is 0. The number of carbonyl (C=O) groups is 1. The summed E-state index contributed by atoms with van der Waals surface area (Å²) in [6, 6.07) is 5.26. The highest BCUT2D eigenvalue weighted by molar-refractivity contribution is 7.16. The van der Waals surface area contributed by atoms with Gasteiger partial charge in [0.1, 0.15) is 0 Å². The molecule has 0 atom stereocenters. The minimum atomic E-state index is -0.343. The maximum absolute atomic E-state index is 11.8. The van der Waals surface area contributed by atoms with Crippen LogP contribution in [0, 0.1) is 6.92 Å². The second-order valence-electron chi connectivity index (χ2n) is 3.36. The number of benzene rings is 1. The van der Waals surface area contributed by atoms with Crippen molar-refractivity contribution in [3.8, 4) is 0 Å². The van der Waals surface area contributed by atoms with Gasteiger partial charge in [0.05, 0.1) is 0 Å². The van der Waals surface area contributed by atoms with Crippen molar-refractivity contribution in [1.29, 1.82) is 0 Å². The van der Waals surface area contributed by atoms with Crippen molar-refractivity contribution in [2.24, 2.45) is 0 Å². The van der Waals surface area contributed by atoms with E-state index in [-0.39, 0.29) is 16.0 Å². The topological polar surface area (TPSA) is 80.9 Å². The van der Waals surface area contributed by atoms with Gasteiger partial charge in [0, 0.05) is 10.7 Å². The van der Waals surface area contributed by atoms with E-state index in [2.05, 4.69) is 15.5 Å². The zero-order valence-electron chi connectivity index (χ0n) is 8.90. The number of hydrogen-bond donors (Lipinski definition) is 2. The lowest BCUT2D eigenvalue weighted by Gasteiger charge is -2.06. The van der Waals surface area contributed by atoms with Gasteiger partial charge < -0.3 is 11.1 Å². The van der Waals surface area contributed by atoms with Crippen molar-refractivity contribution in [2.45, 2.75) is 6.92 Å². The molecule has 2 rings (SSSR count). The largest absolute Gasteiger partial charge is 0.374 e. The molecule has 1 heterocycles. The normalized spacial score (nSPS) is 10.2. The van der Waals surface area contributed by atoms with E-state index in [9.17, 15) is 4.79 Å². The number of nitrogens with one attached hydrogen (secondary N) is 1. The number of aryl methyl sites for hydroxylation is 1. The number of halogens is 1. The molecule has 88 valence electrons. The smallest absolute Gasteiger partial charge is 0.286 e. The van der Waals surface area contributed by atoms with Crippen LogP contribution in [0.5, 0.6) is 0 Å². The van der Waals surface area contributed by atoms with Crippen LogP contribution in [0.1, 0.15) is 15.4 Å². The van der Waals surface area contributed by atoms with E-state index >= 15 is 0 Å². The third-order valence-corrected chi connectivity index (χ3v) is 3.07. The Kier molecular flexibility index (Phi) is 3.26. The van der Waals surface area contributed by atoms with Crippen LogP contribution in [-0.4, -0.2) is 16.1 Å². The highest BCUT2D eigenvalue weighted by Gasteiger charge is 2.12. The first kappa shape index (κ1) is 11.8. The van der Waals surface area contributed by atoms with Gasteiger partial charge in [-0.15, -0.1) is 10.2 Å². The summed E-state index contributed by atoms with van der Waals surface area (Å²) in [5.41, 5.74) is 6.97. The van der Waals surface area contributed by atoms with E-state index in [1.807, 2.05) is 13.0 Å². The van der Waals surface area contributed by atoms with Crippen LogP contribution in [-0.2, 0) is 0 Å². The molecule has 1 amide bonds. The number of hydrogen-bond acceptors (Lipinski definition) is 5. The van der Waals surface area contributed by atoms with Gasteiger partial charge >= 0.3 is 0 Å². The molecule has 7 heteroatoms. The number of amides is 1. The number of carbonyl (C=O) groups excluding carboxylic acids is 1. The van der Waals surface area contributed by atoms with Gasteiger partial charge in [-0.1, -0.05) is 29.0 Å².